The van der Waals surface area contributed by atoms with E-state index in [0.717, 1.165) is 19.4 Å². The van der Waals surface area contributed by atoms with Gasteiger partial charge >= 0.3 is 0 Å². The summed E-state index contributed by atoms with van der Waals surface area (Å²) in [6, 6.07) is 4.71. The second-order valence-corrected chi connectivity index (χ2v) is 6.16. The van der Waals surface area contributed by atoms with Gasteiger partial charge in [-0.15, -0.1) is 0 Å². The van der Waals surface area contributed by atoms with E-state index in [4.69, 9.17) is 4.74 Å². The summed E-state index contributed by atoms with van der Waals surface area (Å²) in [7, 11) is 0. The fraction of sp³-hybridized carbons (Fsp3) is 0.571. The van der Waals surface area contributed by atoms with Crippen LogP contribution in [0.5, 0.6) is 5.75 Å². The van der Waals surface area contributed by atoms with Gasteiger partial charge in [0.15, 0.2) is 0 Å². The number of rotatable bonds is 6. The van der Waals surface area contributed by atoms with Gasteiger partial charge in [-0.2, -0.15) is 0 Å². The zero-order valence-electron chi connectivity index (χ0n) is 11.2. The molecular weight excluding hydrogens is 297 g/mol. The van der Waals surface area contributed by atoms with Crippen molar-refractivity contribution < 1.29 is 9.13 Å². The first-order valence-electron chi connectivity index (χ1n) is 6.21. The molecule has 0 bridgehead atoms. The van der Waals surface area contributed by atoms with Crippen LogP contribution in [0.4, 0.5) is 4.39 Å². The number of hydrogen-bond acceptors (Lipinski definition) is 2. The lowest BCUT2D eigenvalue weighted by atomic mass is 10.1. The molecule has 0 aliphatic carbocycles. The zero-order valence-corrected chi connectivity index (χ0v) is 12.8. The summed E-state index contributed by atoms with van der Waals surface area (Å²) in [6.45, 7) is 8.10. The van der Waals surface area contributed by atoms with Gasteiger partial charge in [0.1, 0.15) is 11.6 Å². The number of ether oxygens (including phenoxy) is 1. The summed E-state index contributed by atoms with van der Waals surface area (Å²) in [5, 5.41) is 3.42. The minimum Gasteiger partial charge on any atom is -0.494 e. The van der Waals surface area contributed by atoms with E-state index in [1.165, 1.54) is 6.07 Å². The molecule has 0 amide bonds. The van der Waals surface area contributed by atoms with Crippen LogP contribution in [-0.4, -0.2) is 18.7 Å². The van der Waals surface area contributed by atoms with E-state index < -0.39 is 0 Å². The number of hydrogen-bond donors (Lipinski definition) is 1. The highest BCUT2D eigenvalue weighted by atomic mass is 79.9. The van der Waals surface area contributed by atoms with E-state index in [1.807, 2.05) is 0 Å². The molecule has 0 aromatic heterocycles. The quantitative estimate of drug-likeness (QED) is 0.796. The molecule has 0 aliphatic rings. The molecule has 0 heterocycles. The molecule has 0 unspecified atom stereocenters. The molecule has 1 rings (SSSR count). The highest BCUT2D eigenvalue weighted by Gasteiger charge is 2.07. The standard InChI is InChI=1S/C14H21BrFNO/c1-14(2,3)17-8-4-5-9-18-11-6-7-13(16)12(15)10-11/h6-7,10,17H,4-5,8-9H2,1-3H3. The molecule has 0 aliphatic heterocycles. The van der Waals surface area contributed by atoms with Crippen molar-refractivity contribution in [1.29, 1.82) is 0 Å². The monoisotopic (exact) mass is 317 g/mol. The molecule has 1 aromatic carbocycles. The van der Waals surface area contributed by atoms with E-state index in [-0.39, 0.29) is 11.4 Å². The SMILES string of the molecule is CC(C)(C)NCCCCOc1ccc(F)c(Br)c1. The predicted molar refractivity (Wildman–Crippen MR) is 76.6 cm³/mol. The molecule has 0 saturated carbocycles. The van der Waals surface area contributed by atoms with Gasteiger partial charge in [0.25, 0.3) is 0 Å². The lowest BCUT2D eigenvalue weighted by molar-refractivity contribution is 0.301. The summed E-state index contributed by atoms with van der Waals surface area (Å²) in [6.07, 6.45) is 2.05. The minimum atomic E-state index is -0.267. The Morgan fingerprint density at radius 2 is 2.00 bits per heavy atom. The van der Waals surface area contributed by atoms with Crippen molar-refractivity contribution in [2.45, 2.75) is 39.2 Å². The summed E-state index contributed by atoms with van der Waals surface area (Å²) in [4.78, 5) is 0. The van der Waals surface area contributed by atoms with Crippen molar-refractivity contribution in [1.82, 2.24) is 5.32 Å². The molecular formula is C14H21BrFNO. The molecule has 1 aromatic rings. The van der Waals surface area contributed by atoms with Crippen molar-refractivity contribution in [3.63, 3.8) is 0 Å². The van der Waals surface area contributed by atoms with Gasteiger partial charge in [-0.05, 0) is 74.3 Å². The van der Waals surface area contributed by atoms with E-state index in [1.54, 1.807) is 12.1 Å². The number of benzene rings is 1. The van der Waals surface area contributed by atoms with E-state index in [2.05, 4.69) is 42.0 Å². The maximum absolute atomic E-state index is 13.0. The number of unbranched alkanes of at least 4 members (excludes halogenated alkanes) is 1. The van der Waals surface area contributed by atoms with Gasteiger partial charge in [-0.3, -0.25) is 0 Å². The topological polar surface area (TPSA) is 21.3 Å². The van der Waals surface area contributed by atoms with Crippen LogP contribution in [0.3, 0.4) is 0 Å². The Morgan fingerprint density at radius 1 is 1.28 bits per heavy atom. The molecule has 1 N–H and O–H groups in total. The minimum absolute atomic E-state index is 0.169. The molecule has 0 saturated heterocycles. The molecule has 0 fully saturated rings. The molecule has 0 spiro atoms. The van der Waals surface area contributed by atoms with Gasteiger partial charge < -0.3 is 10.1 Å². The van der Waals surface area contributed by atoms with Crippen LogP contribution in [0.15, 0.2) is 22.7 Å². The lowest BCUT2D eigenvalue weighted by Crippen LogP contribution is -2.36. The van der Waals surface area contributed by atoms with Crippen LogP contribution in [0.1, 0.15) is 33.6 Å². The van der Waals surface area contributed by atoms with Crippen LogP contribution < -0.4 is 10.1 Å². The van der Waals surface area contributed by atoms with Crippen molar-refractivity contribution in [3.05, 3.63) is 28.5 Å². The molecule has 102 valence electrons. The van der Waals surface area contributed by atoms with Crippen molar-refractivity contribution in [2.75, 3.05) is 13.2 Å². The molecule has 2 nitrogen and oxygen atoms in total. The van der Waals surface area contributed by atoms with Crippen LogP contribution >= 0.6 is 15.9 Å². The number of halogens is 2. The smallest absolute Gasteiger partial charge is 0.137 e. The van der Waals surface area contributed by atoms with Gasteiger partial charge in [0.2, 0.25) is 0 Å². The third-order valence-electron chi connectivity index (χ3n) is 2.39. The van der Waals surface area contributed by atoms with Crippen LogP contribution in [0, 0.1) is 5.82 Å². The average molecular weight is 318 g/mol. The molecule has 18 heavy (non-hydrogen) atoms. The van der Waals surface area contributed by atoms with Crippen molar-refractivity contribution in [3.8, 4) is 5.75 Å². The van der Waals surface area contributed by atoms with Gasteiger partial charge in [-0.25, -0.2) is 4.39 Å². The Kier molecular flexibility index (Phi) is 6.09. The van der Waals surface area contributed by atoms with Gasteiger partial charge in [0, 0.05) is 5.54 Å². The Labute approximate surface area is 117 Å². The van der Waals surface area contributed by atoms with E-state index in [0.29, 0.717) is 16.8 Å². The molecule has 0 radical (unpaired) electrons. The summed E-state index contributed by atoms with van der Waals surface area (Å²) >= 11 is 3.14. The Bertz CT molecular complexity index is 377. The zero-order chi connectivity index (χ0) is 13.6. The lowest BCUT2D eigenvalue weighted by Gasteiger charge is -2.20. The second kappa shape index (κ2) is 7.10. The molecule has 0 atom stereocenters. The van der Waals surface area contributed by atoms with E-state index >= 15 is 0 Å². The first kappa shape index (κ1) is 15.4. The van der Waals surface area contributed by atoms with Crippen molar-refractivity contribution >= 4 is 15.9 Å². The Balaban J connectivity index is 2.16. The summed E-state index contributed by atoms with van der Waals surface area (Å²) < 4.78 is 19.0. The maximum Gasteiger partial charge on any atom is 0.137 e. The first-order valence-corrected chi connectivity index (χ1v) is 7.01. The number of nitrogens with one attached hydrogen (secondary N) is 1. The fourth-order valence-corrected chi connectivity index (χ4v) is 1.80. The average Bonchev–Trinajstić information content (AvgIpc) is 2.26. The highest BCUT2D eigenvalue weighted by Crippen LogP contribution is 2.21. The predicted octanol–water partition coefficient (Wildman–Crippen LogP) is 4.14. The van der Waals surface area contributed by atoms with Crippen LogP contribution in [0.25, 0.3) is 0 Å². The highest BCUT2D eigenvalue weighted by molar-refractivity contribution is 9.10. The van der Waals surface area contributed by atoms with Gasteiger partial charge in [0.05, 0.1) is 11.1 Å². The van der Waals surface area contributed by atoms with E-state index in [9.17, 15) is 4.39 Å². The third-order valence-corrected chi connectivity index (χ3v) is 2.99. The largest absolute Gasteiger partial charge is 0.494 e. The summed E-state index contributed by atoms with van der Waals surface area (Å²) in [5.74, 6) is 0.434. The van der Waals surface area contributed by atoms with Crippen LogP contribution in [-0.2, 0) is 0 Å². The van der Waals surface area contributed by atoms with Crippen molar-refractivity contribution in [2.24, 2.45) is 0 Å². The summed E-state index contributed by atoms with van der Waals surface area (Å²) in [5.41, 5.74) is 0.169. The van der Waals surface area contributed by atoms with Crippen LogP contribution in [0.2, 0.25) is 0 Å². The normalized spacial score (nSPS) is 11.6. The Hall–Kier alpha value is -0.610. The first-order chi connectivity index (χ1) is 8.38. The maximum atomic E-state index is 13.0. The second-order valence-electron chi connectivity index (χ2n) is 5.31. The molecule has 4 heteroatoms. The Morgan fingerprint density at radius 3 is 2.61 bits per heavy atom. The fourth-order valence-electron chi connectivity index (χ4n) is 1.45. The van der Waals surface area contributed by atoms with Gasteiger partial charge in [-0.1, -0.05) is 0 Å². The third kappa shape index (κ3) is 6.36.